The van der Waals surface area contributed by atoms with Crippen LogP contribution in [0.5, 0.6) is 11.5 Å². The number of carbonyl (C=O) groups is 1. The molecule has 0 aromatic heterocycles. The number of benzene rings is 1. The molecule has 0 saturated carbocycles. The third-order valence-electron chi connectivity index (χ3n) is 4.68. The zero-order valence-corrected chi connectivity index (χ0v) is 19.4. The number of rotatable bonds is 11. The van der Waals surface area contributed by atoms with E-state index < -0.39 is 17.6 Å². The lowest BCUT2D eigenvalue weighted by atomic mass is 9.98. The Morgan fingerprint density at radius 1 is 1.03 bits per heavy atom. The van der Waals surface area contributed by atoms with E-state index in [1.165, 1.54) is 0 Å². The zero-order chi connectivity index (χ0) is 22.9. The third-order valence-corrected chi connectivity index (χ3v) is 4.68. The van der Waals surface area contributed by atoms with Crippen LogP contribution in [-0.4, -0.2) is 37.9 Å². The molecule has 0 spiro atoms. The summed E-state index contributed by atoms with van der Waals surface area (Å²) in [5, 5.41) is 2.90. The Balaban J connectivity index is 2.89. The van der Waals surface area contributed by atoms with Crippen LogP contribution < -0.4 is 14.8 Å². The van der Waals surface area contributed by atoms with Crippen LogP contribution in [0.2, 0.25) is 0 Å². The van der Waals surface area contributed by atoms with Crippen molar-refractivity contribution >= 4 is 6.09 Å². The van der Waals surface area contributed by atoms with E-state index in [1.54, 1.807) is 14.2 Å². The van der Waals surface area contributed by atoms with Gasteiger partial charge in [-0.3, -0.25) is 0 Å². The highest BCUT2D eigenvalue weighted by molar-refractivity contribution is 5.68. The van der Waals surface area contributed by atoms with E-state index in [1.807, 2.05) is 39.8 Å². The second kappa shape index (κ2) is 11.4. The van der Waals surface area contributed by atoms with Crippen LogP contribution in [0.4, 0.5) is 13.6 Å². The van der Waals surface area contributed by atoms with Gasteiger partial charge in [-0.15, -0.1) is 0 Å². The molecule has 172 valence electrons. The number of hydrogen-bond donors (Lipinski definition) is 1. The summed E-state index contributed by atoms with van der Waals surface area (Å²) in [5.74, 6) is -1.25. The van der Waals surface area contributed by atoms with Crippen molar-refractivity contribution in [3.63, 3.8) is 0 Å². The average molecular weight is 430 g/mol. The van der Waals surface area contributed by atoms with E-state index in [0.717, 1.165) is 24.5 Å². The molecule has 1 unspecified atom stereocenters. The van der Waals surface area contributed by atoms with Gasteiger partial charge in [-0.05, 0) is 83.1 Å². The Bertz CT molecular complexity index is 681. The Labute approximate surface area is 179 Å². The number of amides is 1. The lowest BCUT2D eigenvalue weighted by Crippen LogP contribution is -2.40. The smallest absolute Gasteiger partial charge is 0.407 e. The summed E-state index contributed by atoms with van der Waals surface area (Å²) < 4.78 is 42.5. The minimum Gasteiger partial charge on any atom is -0.496 e. The highest BCUT2D eigenvalue weighted by atomic mass is 19.3. The zero-order valence-electron chi connectivity index (χ0n) is 19.4. The Hall–Kier alpha value is -2.05. The second-order valence-corrected chi connectivity index (χ2v) is 8.71. The molecule has 0 radical (unpaired) electrons. The topological polar surface area (TPSA) is 56.8 Å². The van der Waals surface area contributed by atoms with Gasteiger partial charge < -0.3 is 19.5 Å². The third kappa shape index (κ3) is 9.63. The summed E-state index contributed by atoms with van der Waals surface area (Å²) >= 11 is 0. The van der Waals surface area contributed by atoms with Gasteiger partial charge in [-0.1, -0.05) is 6.92 Å². The quantitative estimate of drug-likeness (QED) is 0.444. The molecule has 1 N–H and O–H groups in total. The molecule has 5 nitrogen and oxygen atoms in total. The first kappa shape index (κ1) is 26.0. The number of alkyl carbamates (subject to hydrolysis) is 1. The Kier molecular flexibility index (Phi) is 9.85. The number of aryl methyl sites for hydroxylation is 1. The highest BCUT2D eigenvalue weighted by Gasteiger charge is 2.22. The fourth-order valence-corrected chi connectivity index (χ4v) is 3.17. The normalized spacial score (nSPS) is 13.0. The average Bonchev–Trinajstić information content (AvgIpc) is 2.62. The molecule has 0 heterocycles. The molecule has 0 aliphatic rings. The van der Waals surface area contributed by atoms with Gasteiger partial charge in [0.05, 0.1) is 14.2 Å². The van der Waals surface area contributed by atoms with Crippen molar-refractivity contribution < 1.29 is 27.8 Å². The molecule has 1 aromatic rings. The monoisotopic (exact) mass is 429 g/mol. The minimum atomic E-state index is -2.64. The number of halogens is 2. The van der Waals surface area contributed by atoms with Crippen LogP contribution in [0, 0.1) is 0 Å². The summed E-state index contributed by atoms with van der Waals surface area (Å²) in [6.07, 6.45) is 2.40. The molecule has 0 fully saturated rings. The first-order valence-corrected chi connectivity index (χ1v) is 10.5. The van der Waals surface area contributed by atoms with Crippen molar-refractivity contribution in [3.05, 3.63) is 23.3 Å². The van der Waals surface area contributed by atoms with Gasteiger partial charge in [0, 0.05) is 12.5 Å². The SMILES string of the molecule is CCC(Cc1cc(OC)c(CCCCC(C)(F)F)cc1OC)NC(=O)OC(C)(C)C. The van der Waals surface area contributed by atoms with Crippen molar-refractivity contribution in [2.75, 3.05) is 14.2 Å². The van der Waals surface area contributed by atoms with Gasteiger partial charge >= 0.3 is 6.09 Å². The number of hydrogen-bond acceptors (Lipinski definition) is 4. The Morgan fingerprint density at radius 2 is 1.60 bits per heavy atom. The minimum absolute atomic E-state index is 0.126. The van der Waals surface area contributed by atoms with Crippen molar-refractivity contribution in [1.82, 2.24) is 5.32 Å². The van der Waals surface area contributed by atoms with Gasteiger partial charge in [0.15, 0.2) is 0 Å². The molecule has 0 aliphatic carbocycles. The van der Waals surface area contributed by atoms with E-state index in [4.69, 9.17) is 14.2 Å². The van der Waals surface area contributed by atoms with Crippen LogP contribution in [0.25, 0.3) is 0 Å². The number of alkyl halides is 2. The molecule has 0 bridgehead atoms. The van der Waals surface area contributed by atoms with Gasteiger partial charge in [-0.25, -0.2) is 13.6 Å². The number of methoxy groups -OCH3 is 2. The fourth-order valence-electron chi connectivity index (χ4n) is 3.17. The number of ether oxygens (including phenoxy) is 3. The number of nitrogens with one attached hydrogen (secondary N) is 1. The maximum absolute atomic E-state index is 13.0. The van der Waals surface area contributed by atoms with Crippen molar-refractivity contribution in [2.24, 2.45) is 0 Å². The largest absolute Gasteiger partial charge is 0.496 e. The summed E-state index contributed by atoms with van der Waals surface area (Å²) in [4.78, 5) is 12.1. The highest BCUT2D eigenvalue weighted by Crippen LogP contribution is 2.32. The van der Waals surface area contributed by atoms with Gasteiger partial charge in [0.2, 0.25) is 5.92 Å². The summed E-state index contributed by atoms with van der Waals surface area (Å²) in [5.41, 5.74) is 1.26. The standard InChI is InChI=1S/C23H37F2NO4/c1-8-18(26-21(27)30-22(2,3)4)13-17-15-19(28-6)16(14-20(17)29-7)11-9-10-12-23(5,24)25/h14-15,18H,8-13H2,1-7H3,(H,26,27). The molecule has 1 atom stereocenters. The summed E-state index contributed by atoms with van der Waals surface area (Å²) in [6, 6.07) is 3.68. The molecule has 1 aromatic carbocycles. The molecular formula is C23H37F2NO4. The summed E-state index contributed by atoms with van der Waals surface area (Å²) in [7, 11) is 3.18. The molecule has 7 heteroatoms. The van der Waals surface area contributed by atoms with Crippen LogP contribution in [-0.2, 0) is 17.6 Å². The fraction of sp³-hybridized carbons (Fsp3) is 0.696. The van der Waals surface area contributed by atoms with Crippen molar-refractivity contribution in [2.45, 2.75) is 90.7 Å². The van der Waals surface area contributed by atoms with Crippen LogP contribution in [0.15, 0.2) is 12.1 Å². The summed E-state index contributed by atoms with van der Waals surface area (Å²) in [6.45, 7) is 8.40. The first-order valence-electron chi connectivity index (χ1n) is 10.5. The second-order valence-electron chi connectivity index (χ2n) is 8.71. The predicted molar refractivity (Wildman–Crippen MR) is 115 cm³/mol. The molecule has 0 saturated heterocycles. The van der Waals surface area contributed by atoms with Gasteiger partial charge in [0.25, 0.3) is 0 Å². The van der Waals surface area contributed by atoms with E-state index in [2.05, 4.69) is 5.32 Å². The molecule has 1 rings (SSSR count). The van der Waals surface area contributed by atoms with Crippen molar-refractivity contribution in [1.29, 1.82) is 0 Å². The van der Waals surface area contributed by atoms with Crippen LogP contribution in [0.3, 0.4) is 0 Å². The molecular weight excluding hydrogens is 392 g/mol. The predicted octanol–water partition coefficient (Wildman–Crippen LogP) is 5.92. The lowest BCUT2D eigenvalue weighted by Gasteiger charge is -2.24. The number of unbranched alkanes of at least 4 members (excludes halogenated alkanes) is 1. The van der Waals surface area contributed by atoms with Gasteiger partial charge in [-0.2, -0.15) is 0 Å². The molecule has 0 aliphatic heterocycles. The maximum atomic E-state index is 13.0. The van der Waals surface area contributed by atoms with Crippen LogP contribution in [0.1, 0.15) is 71.4 Å². The number of carbonyl (C=O) groups excluding carboxylic acids is 1. The van der Waals surface area contributed by atoms with E-state index in [9.17, 15) is 13.6 Å². The van der Waals surface area contributed by atoms with Crippen molar-refractivity contribution in [3.8, 4) is 11.5 Å². The van der Waals surface area contributed by atoms with Crippen LogP contribution >= 0.6 is 0 Å². The first-order chi connectivity index (χ1) is 13.9. The van der Waals surface area contributed by atoms with E-state index in [-0.39, 0.29) is 12.5 Å². The van der Waals surface area contributed by atoms with E-state index in [0.29, 0.717) is 37.2 Å². The molecule has 1 amide bonds. The van der Waals surface area contributed by atoms with E-state index >= 15 is 0 Å². The lowest BCUT2D eigenvalue weighted by molar-refractivity contribution is 0.0105. The molecule has 30 heavy (non-hydrogen) atoms. The van der Waals surface area contributed by atoms with Gasteiger partial charge in [0.1, 0.15) is 17.1 Å². The Morgan fingerprint density at radius 3 is 2.10 bits per heavy atom. The maximum Gasteiger partial charge on any atom is 0.407 e.